The number of aryl methyl sites for hydroxylation is 2. The van der Waals surface area contributed by atoms with Crippen molar-refractivity contribution in [3.8, 4) is 11.4 Å². The van der Waals surface area contributed by atoms with Gasteiger partial charge < -0.3 is 5.32 Å². The molecule has 2 aliphatic rings. The highest BCUT2D eigenvalue weighted by atomic mass is 32.1. The van der Waals surface area contributed by atoms with Gasteiger partial charge >= 0.3 is 0 Å². The van der Waals surface area contributed by atoms with Crippen LogP contribution >= 0.6 is 11.3 Å². The molecule has 2 fully saturated rings. The number of fused-ring (bicyclic) bond motifs is 2. The van der Waals surface area contributed by atoms with Crippen LogP contribution in [-0.2, 0) is 0 Å². The number of piperidine rings is 1. The number of rotatable bonds is 2. The maximum Gasteiger partial charge on any atom is 0.275 e. The average Bonchev–Trinajstić information content (AvgIpc) is 3.13. The molecule has 1 aliphatic carbocycles. The van der Waals surface area contributed by atoms with Gasteiger partial charge in [0.2, 0.25) is 4.96 Å². The minimum absolute atomic E-state index is 0.163. The Kier molecular flexibility index (Phi) is 3.52. The third-order valence-corrected chi connectivity index (χ3v) is 7.16. The lowest BCUT2D eigenvalue weighted by molar-refractivity contribution is 0.344. The fourth-order valence-corrected chi connectivity index (χ4v) is 5.43. The molecule has 4 aromatic heterocycles. The zero-order valence-corrected chi connectivity index (χ0v) is 17.2. The average molecular weight is 408 g/mol. The molecule has 1 N–H and O–H groups in total. The van der Waals surface area contributed by atoms with Gasteiger partial charge in [-0.25, -0.2) is 14.5 Å². The first-order valence-corrected chi connectivity index (χ1v) is 10.8. The topological polar surface area (TPSA) is 89.5 Å². The number of hydrogen-bond donors (Lipinski definition) is 1. The second-order valence-electron chi connectivity index (χ2n) is 8.37. The van der Waals surface area contributed by atoms with E-state index in [1.54, 1.807) is 4.52 Å². The summed E-state index contributed by atoms with van der Waals surface area (Å²) in [4.78, 5) is 22.6. The Hall–Kier alpha value is -2.65. The molecule has 1 saturated carbocycles. The molecule has 6 rings (SSSR count). The molecule has 0 bridgehead atoms. The molecule has 1 saturated heterocycles. The molecule has 8 nitrogen and oxygen atoms in total. The Balaban J connectivity index is 1.43. The van der Waals surface area contributed by atoms with Crippen LogP contribution in [0.1, 0.15) is 47.9 Å². The first-order valence-electron chi connectivity index (χ1n) is 10.00. The summed E-state index contributed by atoms with van der Waals surface area (Å²) in [5.41, 5.74) is 4.13. The Morgan fingerprint density at radius 3 is 2.86 bits per heavy atom. The summed E-state index contributed by atoms with van der Waals surface area (Å²) in [7, 11) is 0. The van der Waals surface area contributed by atoms with Crippen molar-refractivity contribution in [2.24, 2.45) is 0 Å². The molecule has 1 aliphatic heterocycles. The molecule has 148 valence electrons. The van der Waals surface area contributed by atoms with E-state index in [9.17, 15) is 4.79 Å². The van der Waals surface area contributed by atoms with Gasteiger partial charge in [0.15, 0.2) is 5.65 Å². The van der Waals surface area contributed by atoms with Gasteiger partial charge in [-0.3, -0.25) is 4.79 Å². The van der Waals surface area contributed by atoms with E-state index in [0.717, 1.165) is 41.3 Å². The summed E-state index contributed by atoms with van der Waals surface area (Å²) >= 11 is 1.53. The molecule has 1 spiro atoms. The number of nitrogens with zero attached hydrogens (tertiary/aromatic N) is 6. The van der Waals surface area contributed by atoms with E-state index in [0.29, 0.717) is 27.8 Å². The van der Waals surface area contributed by atoms with E-state index in [4.69, 9.17) is 4.98 Å². The summed E-state index contributed by atoms with van der Waals surface area (Å²) in [5, 5.41) is 13.9. The lowest BCUT2D eigenvalue weighted by Crippen LogP contribution is -2.39. The molecule has 4 aromatic rings. The smallest absolute Gasteiger partial charge is 0.275 e. The molecule has 0 aromatic carbocycles. The highest BCUT2D eigenvalue weighted by Crippen LogP contribution is 2.47. The van der Waals surface area contributed by atoms with E-state index < -0.39 is 0 Å². The van der Waals surface area contributed by atoms with Crippen molar-refractivity contribution in [3.63, 3.8) is 0 Å². The maximum absolute atomic E-state index is 12.8. The van der Waals surface area contributed by atoms with E-state index in [1.165, 1.54) is 34.8 Å². The van der Waals surface area contributed by atoms with Gasteiger partial charge in [0.1, 0.15) is 10.7 Å². The van der Waals surface area contributed by atoms with Crippen molar-refractivity contribution in [1.82, 2.24) is 34.5 Å². The molecule has 29 heavy (non-hydrogen) atoms. The third kappa shape index (κ3) is 2.79. The predicted octanol–water partition coefficient (Wildman–Crippen LogP) is 2.48. The SMILES string of the molecule is Cc1cn2nc(-c3cc(=O)n4nc(C5CCNC6(CC6)C5)sc4n3)cc(C)c2n1. The highest BCUT2D eigenvalue weighted by molar-refractivity contribution is 7.16. The van der Waals surface area contributed by atoms with Gasteiger partial charge in [-0.2, -0.15) is 14.7 Å². The van der Waals surface area contributed by atoms with Gasteiger partial charge in [-0.15, -0.1) is 0 Å². The second-order valence-corrected chi connectivity index (χ2v) is 9.36. The van der Waals surface area contributed by atoms with Crippen LogP contribution in [0.15, 0.2) is 23.1 Å². The van der Waals surface area contributed by atoms with E-state index >= 15 is 0 Å². The first kappa shape index (κ1) is 17.2. The van der Waals surface area contributed by atoms with Crippen LogP contribution in [0.4, 0.5) is 0 Å². The molecular weight excluding hydrogens is 386 g/mol. The van der Waals surface area contributed by atoms with Crippen LogP contribution in [0.25, 0.3) is 22.0 Å². The quantitative estimate of drug-likeness (QED) is 0.549. The van der Waals surface area contributed by atoms with Crippen LogP contribution in [0, 0.1) is 13.8 Å². The van der Waals surface area contributed by atoms with Crippen molar-refractivity contribution in [2.45, 2.75) is 51.0 Å². The van der Waals surface area contributed by atoms with Crippen LogP contribution in [0.3, 0.4) is 0 Å². The molecule has 9 heteroatoms. The van der Waals surface area contributed by atoms with Crippen molar-refractivity contribution in [2.75, 3.05) is 6.54 Å². The van der Waals surface area contributed by atoms with Crippen molar-refractivity contribution < 1.29 is 0 Å². The van der Waals surface area contributed by atoms with E-state index in [-0.39, 0.29) is 5.56 Å². The number of nitrogens with one attached hydrogen (secondary N) is 1. The highest BCUT2D eigenvalue weighted by Gasteiger charge is 2.46. The molecule has 5 heterocycles. The minimum Gasteiger partial charge on any atom is -0.311 e. The van der Waals surface area contributed by atoms with Crippen LogP contribution < -0.4 is 10.9 Å². The Morgan fingerprint density at radius 2 is 2.03 bits per heavy atom. The summed E-state index contributed by atoms with van der Waals surface area (Å²) < 4.78 is 3.20. The largest absolute Gasteiger partial charge is 0.311 e. The minimum atomic E-state index is -0.163. The van der Waals surface area contributed by atoms with Crippen LogP contribution in [0.2, 0.25) is 0 Å². The lowest BCUT2D eigenvalue weighted by Gasteiger charge is -2.28. The molecule has 1 atom stereocenters. The molecule has 0 radical (unpaired) electrons. The second kappa shape index (κ2) is 5.93. The zero-order valence-electron chi connectivity index (χ0n) is 16.3. The first-order chi connectivity index (χ1) is 14.0. The maximum atomic E-state index is 12.8. The number of imidazole rings is 1. The van der Waals surface area contributed by atoms with Crippen molar-refractivity contribution in [1.29, 1.82) is 0 Å². The van der Waals surface area contributed by atoms with Gasteiger partial charge in [0, 0.05) is 17.5 Å². The standard InChI is InChI=1S/C20H21N7OS/c1-11-7-15(24-26-10-12(2)22-17(11)26)14-8-16(28)27-19(23-14)29-18(25-27)13-3-6-21-20(9-13)4-5-20/h7-8,10,13,21H,3-6,9H2,1-2H3. The fraction of sp³-hybridized carbons (Fsp3) is 0.450. The number of hydrogen-bond acceptors (Lipinski definition) is 7. The molecular formula is C20H21N7OS. The van der Waals surface area contributed by atoms with Gasteiger partial charge in [0.25, 0.3) is 5.56 Å². The van der Waals surface area contributed by atoms with Gasteiger partial charge in [-0.05, 0) is 57.7 Å². The summed E-state index contributed by atoms with van der Waals surface area (Å²) in [6, 6.07) is 3.46. The fourth-order valence-electron chi connectivity index (χ4n) is 4.39. The Morgan fingerprint density at radius 1 is 1.17 bits per heavy atom. The van der Waals surface area contributed by atoms with Gasteiger partial charge in [0.05, 0.1) is 17.6 Å². The Bertz CT molecular complexity index is 1330. The Labute approximate surface area is 170 Å². The monoisotopic (exact) mass is 407 g/mol. The predicted molar refractivity (Wildman–Crippen MR) is 111 cm³/mol. The zero-order chi connectivity index (χ0) is 19.8. The molecule has 0 amide bonds. The molecule has 1 unspecified atom stereocenters. The van der Waals surface area contributed by atoms with Crippen molar-refractivity contribution in [3.05, 3.63) is 44.9 Å². The lowest BCUT2D eigenvalue weighted by atomic mass is 9.91. The van der Waals surface area contributed by atoms with Gasteiger partial charge in [-0.1, -0.05) is 11.3 Å². The van der Waals surface area contributed by atoms with E-state index in [1.807, 2.05) is 26.1 Å². The normalized spacial score (nSPS) is 20.7. The van der Waals surface area contributed by atoms with Crippen molar-refractivity contribution >= 4 is 21.9 Å². The van der Waals surface area contributed by atoms with Crippen LogP contribution in [-0.4, -0.2) is 41.3 Å². The van der Waals surface area contributed by atoms with Crippen LogP contribution in [0.5, 0.6) is 0 Å². The summed E-state index contributed by atoms with van der Waals surface area (Å²) in [6.45, 7) is 4.95. The summed E-state index contributed by atoms with van der Waals surface area (Å²) in [5.74, 6) is 0.402. The number of aromatic nitrogens is 6. The van der Waals surface area contributed by atoms with E-state index in [2.05, 4.69) is 20.5 Å². The summed E-state index contributed by atoms with van der Waals surface area (Å²) in [6.07, 6.45) is 6.54. The third-order valence-electron chi connectivity index (χ3n) is 6.09.